The van der Waals surface area contributed by atoms with Gasteiger partial charge in [0.05, 0.1) is 6.61 Å². The molecule has 1 N–H and O–H groups in total. The monoisotopic (exact) mass is 283 g/mol. The fourth-order valence-corrected chi connectivity index (χ4v) is 3.07. The predicted octanol–water partition coefficient (Wildman–Crippen LogP) is 4.17. The Morgan fingerprint density at radius 2 is 1.95 bits per heavy atom. The Labute approximate surface area is 119 Å². The highest BCUT2D eigenvalue weighted by Gasteiger charge is 2.38. The third-order valence-corrected chi connectivity index (χ3v) is 4.10. The molecule has 0 aliphatic heterocycles. The zero-order valence-corrected chi connectivity index (χ0v) is 12.2. The average Bonchev–Trinajstić information content (AvgIpc) is 2.43. The SMILES string of the molecule is CCOc1ccccc1C(NC)C1CCC(F)(F)CC1. The maximum atomic E-state index is 13.3. The van der Waals surface area contributed by atoms with E-state index < -0.39 is 5.92 Å². The van der Waals surface area contributed by atoms with E-state index in [0.29, 0.717) is 19.4 Å². The summed E-state index contributed by atoms with van der Waals surface area (Å²) in [6.07, 6.45) is 1.09. The number of alkyl halides is 2. The van der Waals surface area contributed by atoms with Gasteiger partial charge in [-0.05, 0) is 38.8 Å². The third kappa shape index (κ3) is 3.48. The van der Waals surface area contributed by atoms with Gasteiger partial charge in [0.15, 0.2) is 0 Å². The minimum Gasteiger partial charge on any atom is -0.494 e. The van der Waals surface area contributed by atoms with Gasteiger partial charge in [-0.15, -0.1) is 0 Å². The van der Waals surface area contributed by atoms with Gasteiger partial charge >= 0.3 is 0 Å². The highest BCUT2D eigenvalue weighted by atomic mass is 19.3. The molecule has 1 aliphatic rings. The molecule has 1 atom stereocenters. The first kappa shape index (κ1) is 15.2. The molecule has 1 aliphatic carbocycles. The van der Waals surface area contributed by atoms with E-state index >= 15 is 0 Å². The van der Waals surface area contributed by atoms with Crippen molar-refractivity contribution in [1.29, 1.82) is 0 Å². The van der Waals surface area contributed by atoms with Crippen LogP contribution in [0, 0.1) is 5.92 Å². The van der Waals surface area contributed by atoms with Crippen molar-refractivity contribution in [2.75, 3.05) is 13.7 Å². The lowest BCUT2D eigenvalue weighted by molar-refractivity contribution is -0.0495. The second-order valence-corrected chi connectivity index (χ2v) is 5.43. The molecule has 1 unspecified atom stereocenters. The highest BCUT2D eigenvalue weighted by molar-refractivity contribution is 5.36. The summed E-state index contributed by atoms with van der Waals surface area (Å²) < 4.78 is 32.3. The van der Waals surface area contributed by atoms with Crippen molar-refractivity contribution in [3.8, 4) is 5.75 Å². The normalized spacial score (nSPS) is 20.6. The van der Waals surface area contributed by atoms with Gasteiger partial charge in [0.2, 0.25) is 5.92 Å². The minimum absolute atomic E-state index is 0.00729. The Bertz CT molecular complexity index is 426. The van der Waals surface area contributed by atoms with Crippen LogP contribution in [0.3, 0.4) is 0 Å². The molecule has 1 saturated carbocycles. The molecule has 0 bridgehead atoms. The van der Waals surface area contributed by atoms with Crippen molar-refractivity contribution in [2.45, 2.75) is 44.6 Å². The standard InChI is InChI=1S/C16H23F2NO/c1-3-20-14-7-5-4-6-13(14)15(19-2)12-8-10-16(17,18)11-9-12/h4-7,12,15,19H,3,8-11H2,1-2H3. The molecule has 1 aromatic rings. The van der Waals surface area contributed by atoms with Gasteiger partial charge in [-0.1, -0.05) is 18.2 Å². The maximum absolute atomic E-state index is 13.3. The van der Waals surface area contributed by atoms with Crippen molar-refractivity contribution >= 4 is 0 Å². The Kier molecular flexibility index (Phi) is 4.97. The largest absolute Gasteiger partial charge is 0.494 e. The molecule has 1 fully saturated rings. The van der Waals surface area contributed by atoms with Crippen LogP contribution in [0.25, 0.3) is 0 Å². The van der Waals surface area contributed by atoms with Gasteiger partial charge in [-0.2, -0.15) is 0 Å². The first-order valence-electron chi connectivity index (χ1n) is 7.34. The van der Waals surface area contributed by atoms with Gasteiger partial charge < -0.3 is 10.1 Å². The van der Waals surface area contributed by atoms with Crippen LogP contribution in [-0.2, 0) is 0 Å². The molecule has 2 nitrogen and oxygen atoms in total. The van der Waals surface area contributed by atoms with Crippen molar-refractivity contribution in [3.63, 3.8) is 0 Å². The van der Waals surface area contributed by atoms with Gasteiger partial charge in [0, 0.05) is 24.4 Å². The smallest absolute Gasteiger partial charge is 0.248 e. The van der Waals surface area contributed by atoms with Gasteiger partial charge in [0.25, 0.3) is 0 Å². The van der Waals surface area contributed by atoms with E-state index in [9.17, 15) is 8.78 Å². The average molecular weight is 283 g/mol. The van der Waals surface area contributed by atoms with E-state index in [1.165, 1.54) is 0 Å². The molecule has 1 aromatic carbocycles. The molecule has 0 radical (unpaired) electrons. The third-order valence-electron chi connectivity index (χ3n) is 4.10. The Balaban J connectivity index is 2.16. The first-order chi connectivity index (χ1) is 9.57. The molecular formula is C16H23F2NO. The summed E-state index contributed by atoms with van der Waals surface area (Å²) >= 11 is 0. The van der Waals surface area contributed by atoms with E-state index in [4.69, 9.17) is 4.74 Å². The van der Waals surface area contributed by atoms with Crippen LogP contribution in [-0.4, -0.2) is 19.6 Å². The summed E-state index contributed by atoms with van der Waals surface area (Å²) in [6, 6.07) is 7.96. The van der Waals surface area contributed by atoms with Crippen LogP contribution in [0.5, 0.6) is 5.75 Å². The molecule has 0 saturated heterocycles. The number of benzene rings is 1. The topological polar surface area (TPSA) is 21.3 Å². The van der Waals surface area contributed by atoms with Crippen LogP contribution in [0.2, 0.25) is 0 Å². The number of para-hydroxylation sites is 1. The summed E-state index contributed by atoms with van der Waals surface area (Å²) in [5.74, 6) is -1.39. The second-order valence-electron chi connectivity index (χ2n) is 5.43. The zero-order chi connectivity index (χ0) is 14.6. The molecule has 0 aromatic heterocycles. The molecule has 0 spiro atoms. The number of ether oxygens (including phenoxy) is 1. The number of halogens is 2. The van der Waals surface area contributed by atoms with Crippen molar-refractivity contribution in [3.05, 3.63) is 29.8 Å². The Morgan fingerprint density at radius 3 is 2.55 bits per heavy atom. The van der Waals surface area contributed by atoms with E-state index in [0.717, 1.165) is 11.3 Å². The van der Waals surface area contributed by atoms with E-state index in [1.54, 1.807) is 0 Å². The maximum Gasteiger partial charge on any atom is 0.248 e. The molecular weight excluding hydrogens is 260 g/mol. The lowest BCUT2D eigenvalue weighted by Gasteiger charge is -2.34. The molecule has 0 heterocycles. The number of rotatable bonds is 5. The Hall–Kier alpha value is -1.16. The fourth-order valence-electron chi connectivity index (χ4n) is 3.07. The summed E-state index contributed by atoms with van der Waals surface area (Å²) in [5.41, 5.74) is 1.08. The lowest BCUT2D eigenvalue weighted by Crippen LogP contribution is -2.32. The predicted molar refractivity (Wildman–Crippen MR) is 76.3 cm³/mol. The van der Waals surface area contributed by atoms with Crippen LogP contribution in [0.4, 0.5) is 8.78 Å². The van der Waals surface area contributed by atoms with Gasteiger partial charge in [-0.25, -0.2) is 8.78 Å². The zero-order valence-electron chi connectivity index (χ0n) is 12.2. The summed E-state index contributed by atoms with van der Waals surface area (Å²) in [7, 11) is 1.89. The van der Waals surface area contributed by atoms with E-state index in [2.05, 4.69) is 5.32 Å². The van der Waals surface area contributed by atoms with Crippen LogP contribution in [0.15, 0.2) is 24.3 Å². The van der Waals surface area contributed by atoms with Gasteiger partial charge in [-0.3, -0.25) is 0 Å². The summed E-state index contributed by atoms with van der Waals surface area (Å²) in [6.45, 7) is 2.56. The molecule has 20 heavy (non-hydrogen) atoms. The van der Waals surface area contributed by atoms with Crippen molar-refractivity contribution < 1.29 is 13.5 Å². The molecule has 4 heteroatoms. The fraction of sp³-hybridized carbons (Fsp3) is 0.625. The van der Waals surface area contributed by atoms with Crippen LogP contribution >= 0.6 is 0 Å². The summed E-state index contributed by atoms with van der Waals surface area (Å²) in [5, 5.41) is 3.29. The molecule has 0 amide bonds. The van der Waals surface area contributed by atoms with E-state index in [-0.39, 0.29) is 24.8 Å². The van der Waals surface area contributed by atoms with Crippen LogP contribution < -0.4 is 10.1 Å². The number of hydrogen-bond acceptors (Lipinski definition) is 2. The van der Waals surface area contributed by atoms with E-state index in [1.807, 2.05) is 38.2 Å². The van der Waals surface area contributed by atoms with Gasteiger partial charge in [0.1, 0.15) is 5.75 Å². The highest BCUT2D eigenvalue weighted by Crippen LogP contribution is 2.42. The van der Waals surface area contributed by atoms with Crippen molar-refractivity contribution in [2.24, 2.45) is 5.92 Å². The first-order valence-corrected chi connectivity index (χ1v) is 7.34. The van der Waals surface area contributed by atoms with Crippen LogP contribution in [0.1, 0.15) is 44.2 Å². The summed E-state index contributed by atoms with van der Waals surface area (Å²) in [4.78, 5) is 0. The number of hydrogen-bond donors (Lipinski definition) is 1. The number of nitrogens with one attached hydrogen (secondary N) is 1. The second kappa shape index (κ2) is 6.53. The Morgan fingerprint density at radius 1 is 1.30 bits per heavy atom. The molecule has 2 rings (SSSR count). The minimum atomic E-state index is -2.48. The lowest BCUT2D eigenvalue weighted by atomic mass is 9.79. The van der Waals surface area contributed by atoms with Crippen molar-refractivity contribution in [1.82, 2.24) is 5.32 Å². The molecule has 112 valence electrons. The quantitative estimate of drug-likeness (QED) is 0.875.